The molecule has 0 bridgehead atoms. The van der Waals surface area contributed by atoms with E-state index in [0.29, 0.717) is 18.8 Å². The van der Waals surface area contributed by atoms with Crippen molar-refractivity contribution in [1.29, 1.82) is 0 Å². The van der Waals surface area contributed by atoms with Gasteiger partial charge in [-0.1, -0.05) is 44.2 Å². The largest absolute Gasteiger partial charge is 0.303 e. The van der Waals surface area contributed by atoms with Gasteiger partial charge in [0.1, 0.15) is 6.29 Å². The highest BCUT2D eigenvalue weighted by Gasteiger charge is 2.08. The molecule has 0 spiro atoms. The first kappa shape index (κ1) is 15.6. The number of ketones is 1. The number of carbonyl (C=O) groups excluding carboxylic acids is 2. The third kappa shape index (κ3) is 8.38. The molecule has 0 saturated heterocycles. The van der Waals surface area contributed by atoms with Crippen LogP contribution in [0.15, 0.2) is 36.5 Å². The molecular formula is C15H22O2. The van der Waals surface area contributed by atoms with E-state index >= 15 is 0 Å². The van der Waals surface area contributed by atoms with Crippen LogP contribution >= 0.6 is 0 Å². The molecule has 1 atom stereocenters. The summed E-state index contributed by atoms with van der Waals surface area (Å²) < 4.78 is 0. The lowest BCUT2D eigenvalue weighted by Crippen LogP contribution is -2.05. The van der Waals surface area contributed by atoms with Gasteiger partial charge in [-0.05, 0) is 31.3 Å². The minimum Gasteiger partial charge on any atom is -0.303 e. The molecule has 0 aromatic rings. The van der Waals surface area contributed by atoms with Crippen LogP contribution in [-0.4, -0.2) is 12.1 Å². The molecule has 0 aliphatic rings. The van der Waals surface area contributed by atoms with Crippen LogP contribution in [0.3, 0.4) is 0 Å². The van der Waals surface area contributed by atoms with Gasteiger partial charge in [0.2, 0.25) is 0 Å². The Morgan fingerprint density at radius 2 is 1.94 bits per heavy atom. The fraction of sp³-hybridized carbons (Fsp3) is 0.467. The summed E-state index contributed by atoms with van der Waals surface area (Å²) in [5, 5.41) is 0. The summed E-state index contributed by atoms with van der Waals surface area (Å²) in [7, 11) is 0. The molecule has 2 heteroatoms. The third-order valence-electron chi connectivity index (χ3n) is 2.54. The predicted molar refractivity (Wildman–Crippen MR) is 71.7 cm³/mol. The summed E-state index contributed by atoms with van der Waals surface area (Å²) in [4.78, 5) is 21.2. The Morgan fingerprint density at radius 1 is 1.29 bits per heavy atom. The smallest absolute Gasteiger partial charge is 0.152 e. The number of aldehydes is 1. The van der Waals surface area contributed by atoms with Crippen molar-refractivity contribution in [1.82, 2.24) is 0 Å². The van der Waals surface area contributed by atoms with Crippen LogP contribution in [0, 0.1) is 11.8 Å². The Bertz CT molecular complexity index is 322. The molecule has 0 heterocycles. The molecule has 0 N–H and O–H groups in total. The summed E-state index contributed by atoms with van der Waals surface area (Å²) in [6.45, 7) is 9.62. The molecule has 0 aliphatic carbocycles. The Morgan fingerprint density at radius 3 is 2.41 bits per heavy atom. The van der Waals surface area contributed by atoms with E-state index < -0.39 is 0 Å². The maximum atomic E-state index is 10.7. The van der Waals surface area contributed by atoms with Gasteiger partial charge in [-0.2, -0.15) is 0 Å². The van der Waals surface area contributed by atoms with Gasteiger partial charge < -0.3 is 4.79 Å². The molecule has 0 amide bonds. The van der Waals surface area contributed by atoms with Gasteiger partial charge in [0.15, 0.2) is 5.78 Å². The highest BCUT2D eigenvalue weighted by molar-refractivity contribution is 5.87. The fourth-order valence-electron chi connectivity index (χ4n) is 1.39. The van der Waals surface area contributed by atoms with E-state index in [4.69, 9.17) is 0 Å². The van der Waals surface area contributed by atoms with Crippen LogP contribution in [0.4, 0.5) is 0 Å². The number of allylic oxidation sites excluding steroid dienone is 5. The second kappa shape index (κ2) is 8.68. The average molecular weight is 234 g/mol. The van der Waals surface area contributed by atoms with E-state index in [1.165, 1.54) is 6.92 Å². The van der Waals surface area contributed by atoms with Gasteiger partial charge in [-0.15, -0.1) is 0 Å². The Balaban J connectivity index is 4.24. The molecule has 0 aromatic carbocycles. The second-order valence-corrected chi connectivity index (χ2v) is 4.54. The zero-order valence-electron chi connectivity index (χ0n) is 11.0. The maximum Gasteiger partial charge on any atom is 0.152 e. The van der Waals surface area contributed by atoms with Crippen LogP contribution < -0.4 is 0 Å². The van der Waals surface area contributed by atoms with Gasteiger partial charge >= 0.3 is 0 Å². The van der Waals surface area contributed by atoms with Gasteiger partial charge in [-0.3, -0.25) is 4.79 Å². The number of rotatable bonds is 8. The minimum atomic E-state index is 0.0443. The van der Waals surface area contributed by atoms with Crippen molar-refractivity contribution in [3.05, 3.63) is 36.5 Å². The normalized spacial score (nSPS) is 13.4. The Labute approximate surface area is 104 Å². The molecule has 0 rings (SSSR count). The lowest BCUT2D eigenvalue weighted by Gasteiger charge is -2.13. The lowest BCUT2D eigenvalue weighted by molar-refractivity contribution is -0.112. The van der Waals surface area contributed by atoms with Crippen molar-refractivity contribution in [2.24, 2.45) is 11.8 Å². The van der Waals surface area contributed by atoms with Gasteiger partial charge in [0, 0.05) is 6.42 Å². The van der Waals surface area contributed by atoms with Crippen molar-refractivity contribution in [3.63, 3.8) is 0 Å². The summed E-state index contributed by atoms with van der Waals surface area (Å²) >= 11 is 0. The second-order valence-electron chi connectivity index (χ2n) is 4.54. The van der Waals surface area contributed by atoms with E-state index in [1.807, 2.05) is 12.2 Å². The van der Waals surface area contributed by atoms with Crippen LogP contribution in [0.5, 0.6) is 0 Å². The molecule has 0 radical (unpaired) electrons. The van der Waals surface area contributed by atoms with Crippen molar-refractivity contribution in [3.8, 4) is 0 Å². The molecule has 0 saturated carbocycles. The summed E-state index contributed by atoms with van der Waals surface area (Å²) in [5.74, 6) is 0.751. The van der Waals surface area contributed by atoms with E-state index in [1.54, 1.807) is 12.2 Å². The molecule has 0 unspecified atom stereocenters. The number of carbonyl (C=O) groups is 2. The highest BCUT2D eigenvalue weighted by Crippen LogP contribution is 2.16. The fourth-order valence-corrected chi connectivity index (χ4v) is 1.39. The molecular weight excluding hydrogens is 212 g/mol. The van der Waals surface area contributed by atoms with Crippen LogP contribution in [0.2, 0.25) is 0 Å². The summed E-state index contributed by atoms with van der Waals surface area (Å²) in [6.07, 6.45) is 9.49. The zero-order valence-corrected chi connectivity index (χ0v) is 11.0. The summed E-state index contributed by atoms with van der Waals surface area (Å²) in [6, 6.07) is 0. The molecule has 17 heavy (non-hydrogen) atoms. The van der Waals surface area contributed by atoms with Crippen molar-refractivity contribution in [2.75, 3.05) is 0 Å². The SMILES string of the molecule is C=C(C=C[C@@H](CC=O)C(C)C)CC=CC(C)=O. The Hall–Kier alpha value is -1.44. The van der Waals surface area contributed by atoms with Crippen LogP contribution in [-0.2, 0) is 9.59 Å². The first-order chi connectivity index (χ1) is 7.97. The minimum absolute atomic E-state index is 0.0443. The number of hydrogen-bond acceptors (Lipinski definition) is 2. The van der Waals surface area contributed by atoms with Gasteiger partial charge in [-0.25, -0.2) is 0 Å². The van der Waals surface area contributed by atoms with E-state index in [0.717, 1.165) is 11.9 Å². The van der Waals surface area contributed by atoms with Crippen molar-refractivity contribution >= 4 is 12.1 Å². The molecule has 2 nitrogen and oxygen atoms in total. The van der Waals surface area contributed by atoms with Gasteiger partial charge in [0.25, 0.3) is 0 Å². The first-order valence-electron chi connectivity index (χ1n) is 5.94. The Kier molecular flexibility index (Phi) is 7.95. The van der Waals surface area contributed by atoms with E-state index in [9.17, 15) is 9.59 Å². The quantitative estimate of drug-likeness (QED) is 0.366. The van der Waals surface area contributed by atoms with E-state index in [-0.39, 0.29) is 11.7 Å². The third-order valence-corrected chi connectivity index (χ3v) is 2.54. The lowest BCUT2D eigenvalue weighted by atomic mass is 9.92. The molecule has 0 aromatic heterocycles. The molecule has 0 fully saturated rings. The van der Waals surface area contributed by atoms with Crippen molar-refractivity contribution < 1.29 is 9.59 Å². The van der Waals surface area contributed by atoms with E-state index in [2.05, 4.69) is 20.4 Å². The average Bonchev–Trinajstić information content (AvgIpc) is 2.23. The monoisotopic (exact) mass is 234 g/mol. The molecule has 0 aliphatic heterocycles. The van der Waals surface area contributed by atoms with Crippen LogP contribution in [0.25, 0.3) is 0 Å². The van der Waals surface area contributed by atoms with Gasteiger partial charge in [0.05, 0.1) is 0 Å². The first-order valence-corrected chi connectivity index (χ1v) is 5.94. The standard InChI is InChI=1S/C15H22O2/c1-12(2)15(10-11-16)9-8-13(3)6-5-7-14(4)17/h5,7-9,11-12,15H,3,6,10H2,1-2,4H3/t15-/m0/s1. The zero-order chi connectivity index (χ0) is 13.3. The van der Waals surface area contributed by atoms with Crippen LogP contribution in [0.1, 0.15) is 33.6 Å². The van der Waals surface area contributed by atoms with Crippen molar-refractivity contribution in [2.45, 2.75) is 33.6 Å². The molecule has 94 valence electrons. The number of hydrogen-bond donors (Lipinski definition) is 0. The highest BCUT2D eigenvalue weighted by atomic mass is 16.1. The topological polar surface area (TPSA) is 34.1 Å². The summed E-state index contributed by atoms with van der Waals surface area (Å²) in [5.41, 5.74) is 0.944. The maximum absolute atomic E-state index is 10.7. The predicted octanol–water partition coefficient (Wildman–Crippen LogP) is 3.50.